The van der Waals surface area contributed by atoms with Crippen LogP contribution >= 0.6 is 0 Å². The summed E-state index contributed by atoms with van der Waals surface area (Å²) in [7, 11) is 0. The highest BCUT2D eigenvalue weighted by Crippen LogP contribution is 2.12. The minimum Gasteiger partial charge on any atom is -0.350 e. The molecule has 0 radical (unpaired) electrons. The van der Waals surface area contributed by atoms with Crippen LogP contribution in [0.5, 0.6) is 0 Å². The van der Waals surface area contributed by atoms with Crippen LogP contribution in [0, 0.1) is 11.6 Å². The molecule has 0 spiro atoms. The Morgan fingerprint density at radius 1 is 1.27 bits per heavy atom. The third-order valence-corrected chi connectivity index (χ3v) is 3.03. The molecule has 0 aliphatic carbocycles. The van der Waals surface area contributed by atoms with E-state index < -0.39 is 29.7 Å². The van der Waals surface area contributed by atoms with Gasteiger partial charge in [0.2, 0.25) is 0 Å². The van der Waals surface area contributed by atoms with Crippen molar-refractivity contribution in [2.75, 3.05) is 13.2 Å². The molecule has 1 aromatic rings. The Balaban J connectivity index is 1.73. The molecule has 1 saturated heterocycles. The molecule has 2 rings (SSSR count). The predicted octanol–water partition coefficient (Wildman–Crippen LogP) is 1.27. The van der Waals surface area contributed by atoms with Crippen molar-refractivity contribution in [2.45, 2.75) is 25.6 Å². The van der Waals surface area contributed by atoms with Crippen molar-refractivity contribution in [1.82, 2.24) is 10.8 Å². The summed E-state index contributed by atoms with van der Waals surface area (Å²) >= 11 is 0. The highest BCUT2D eigenvalue weighted by molar-refractivity contribution is 5.96. The Labute approximate surface area is 125 Å². The summed E-state index contributed by atoms with van der Waals surface area (Å²) in [6.07, 6.45) is 2.10. The van der Waals surface area contributed by atoms with Crippen LogP contribution in [0.25, 0.3) is 0 Å². The first kappa shape index (κ1) is 16.3. The van der Waals surface area contributed by atoms with Gasteiger partial charge < -0.3 is 10.1 Å². The molecular formula is C14H16F2N2O4. The molecule has 22 heavy (non-hydrogen) atoms. The molecule has 120 valence electrons. The van der Waals surface area contributed by atoms with Gasteiger partial charge in [-0.2, -0.15) is 0 Å². The fraction of sp³-hybridized carbons (Fsp3) is 0.429. The van der Waals surface area contributed by atoms with Crippen LogP contribution in [0.2, 0.25) is 0 Å². The van der Waals surface area contributed by atoms with Crippen molar-refractivity contribution < 1.29 is 27.9 Å². The monoisotopic (exact) mass is 314 g/mol. The van der Waals surface area contributed by atoms with Crippen LogP contribution in [0.4, 0.5) is 8.78 Å². The number of halogens is 2. The molecule has 1 fully saturated rings. The predicted molar refractivity (Wildman–Crippen MR) is 71.5 cm³/mol. The molecule has 6 nitrogen and oxygen atoms in total. The molecule has 1 aromatic carbocycles. The van der Waals surface area contributed by atoms with E-state index in [9.17, 15) is 18.4 Å². The molecule has 0 unspecified atom stereocenters. The summed E-state index contributed by atoms with van der Waals surface area (Å²) in [5.41, 5.74) is 2.09. The summed E-state index contributed by atoms with van der Waals surface area (Å²) < 4.78 is 31.0. The van der Waals surface area contributed by atoms with Gasteiger partial charge in [-0.25, -0.2) is 19.1 Å². The lowest BCUT2D eigenvalue weighted by Gasteiger charge is -2.22. The van der Waals surface area contributed by atoms with Gasteiger partial charge in [-0.3, -0.25) is 9.59 Å². The fourth-order valence-corrected chi connectivity index (χ4v) is 1.87. The van der Waals surface area contributed by atoms with Crippen LogP contribution in [0.1, 0.15) is 29.6 Å². The van der Waals surface area contributed by atoms with Crippen LogP contribution in [0.3, 0.4) is 0 Å². The van der Waals surface area contributed by atoms with E-state index in [2.05, 4.69) is 10.8 Å². The first-order valence-electron chi connectivity index (χ1n) is 6.85. The minimum absolute atomic E-state index is 0.0803. The lowest BCUT2D eigenvalue weighted by atomic mass is 10.2. The minimum atomic E-state index is -1.13. The maximum absolute atomic E-state index is 13.0. The number of hydrogen-bond acceptors (Lipinski definition) is 4. The number of hydrogen-bond donors (Lipinski definition) is 2. The first-order valence-corrected chi connectivity index (χ1v) is 6.85. The van der Waals surface area contributed by atoms with E-state index in [-0.39, 0.29) is 12.1 Å². The van der Waals surface area contributed by atoms with Crippen molar-refractivity contribution in [1.29, 1.82) is 0 Å². The number of carbonyl (C=O) groups is 2. The second-order valence-electron chi connectivity index (χ2n) is 4.75. The number of carbonyl (C=O) groups excluding carboxylic acids is 2. The zero-order valence-corrected chi connectivity index (χ0v) is 11.7. The van der Waals surface area contributed by atoms with E-state index in [4.69, 9.17) is 9.57 Å². The second-order valence-corrected chi connectivity index (χ2v) is 4.75. The Bertz CT molecular complexity index is 548. The van der Waals surface area contributed by atoms with Crippen LogP contribution < -0.4 is 10.8 Å². The molecule has 1 heterocycles. The molecule has 0 bridgehead atoms. The molecule has 0 aromatic heterocycles. The number of ether oxygens (including phenoxy) is 1. The van der Waals surface area contributed by atoms with Gasteiger partial charge >= 0.3 is 0 Å². The van der Waals surface area contributed by atoms with Crippen LogP contribution in [-0.2, 0) is 14.4 Å². The number of benzene rings is 1. The smallest absolute Gasteiger partial charge is 0.263 e. The zero-order chi connectivity index (χ0) is 15.9. The topological polar surface area (TPSA) is 76.7 Å². The van der Waals surface area contributed by atoms with E-state index in [0.29, 0.717) is 13.0 Å². The van der Waals surface area contributed by atoms with Gasteiger partial charge in [0.25, 0.3) is 11.8 Å². The number of rotatable bonds is 5. The van der Waals surface area contributed by atoms with Gasteiger partial charge in [0.15, 0.2) is 17.9 Å². The van der Waals surface area contributed by atoms with E-state index in [0.717, 1.165) is 31.0 Å². The molecule has 2 N–H and O–H groups in total. The lowest BCUT2D eigenvalue weighted by Crippen LogP contribution is -2.39. The standard InChI is InChI=1S/C14H16F2N2O4/c15-10-5-4-9(7-11(10)16)14(20)17-8-12(19)18-22-13-3-1-2-6-21-13/h4-5,7,13H,1-3,6,8H2,(H,17,20)(H,18,19)/t13-/m1/s1. The average molecular weight is 314 g/mol. The largest absolute Gasteiger partial charge is 0.350 e. The normalized spacial score (nSPS) is 17.8. The first-order chi connectivity index (χ1) is 10.6. The summed E-state index contributed by atoms with van der Waals surface area (Å²) in [5.74, 6) is -3.45. The van der Waals surface area contributed by atoms with Gasteiger partial charge in [-0.15, -0.1) is 0 Å². The van der Waals surface area contributed by atoms with E-state index in [1.165, 1.54) is 0 Å². The quantitative estimate of drug-likeness (QED) is 0.803. The summed E-state index contributed by atoms with van der Waals surface area (Å²) in [5, 5.41) is 2.27. The molecule has 2 amide bonds. The number of nitrogens with one attached hydrogen (secondary N) is 2. The van der Waals surface area contributed by atoms with Gasteiger partial charge in [0, 0.05) is 18.6 Å². The summed E-state index contributed by atoms with van der Waals surface area (Å²) in [6, 6.07) is 2.72. The zero-order valence-electron chi connectivity index (χ0n) is 11.7. The summed E-state index contributed by atoms with van der Waals surface area (Å²) in [4.78, 5) is 28.2. The van der Waals surface area contributed by atoms with Gasteiger partial charge in [-0.1, -0.05) is 0 Å². The molecule has 8 heteroatoms. The maximum Gasteiger partial charge on any atom is 0.263 e. The molecule has 0 saturated carbocycles. The Morgan fingerprint density at radius 2 is 2.09 bits per heavy atom. The molecule has 1 aliphatic heterocycles. The number of hydroxylamine groups is 1. The third kappa shape index (κ3) is 4.74. The van der Waals surface area contributed by atoms with E-state index in [1.54, 1.807) is 0 Å². The fourth-order valence-electron chi connectivity index (χ4n) is 1.87. The van der Waals surface area contributed by atoms with Crippen molar-refractivity contribution in [2.24, 2.45) is 0 Å². The third-order valence-electron chi connectivity index (χ3n) is 3.03. The van der Waals surface area contributed by atoms with Gasteiger partial charge in [0.1, 0.15) is 0 Å². The maximum atomic E-state index is 13.0. The highest BCUT2D eigenvalue weighted by Gasteiger charge is 2.16. The molecule has 1 atom stereocenters. The van der Waals surface area contributed by atoms with E-state index >= 15 is 0 Å². The SMILES string of the molecule is O=C(CNC(=O)c1ccc(F)c(F)c1)NO[C@@H]1CCCCO1. The van der Waals surface area contributed by atoms with Gasteiger partial charge in [0.05, 0.1) is 6.54 Å². The Hall–Kier alpha value is -2.06. The van der Waals surface area contributed by atoms with Crippen molar-refractivity contribution in [3.63, 3.8) is 0 Å². The lowest BCUT2D eigenvalue weighted by molar-refractivity contribution is -0.200. The Kier molecular flexibility index (Phi) is 5.79. The van der Waals surface area contributed by atoms with E-state index in [1.807, 2.05) is 0 Å². The van der Waals surface area contributed by atoms with Crippen molar-refractivity contribution in [3.8, 4) is 0 Å². The summed E-state index contributed by atoms with van der Waals surface area (Å²) in [6.45, 7) is 0.220. The van der Waals surface area contributed by atoms with Gasteiger partial charge in [-0.05, 0) is 31.0 Å². The van der Waals surface area contributed by atoms with Crippen LogP contribution in [0.15, 0.2) is 18.2 Å². The van der Waals surface area contributed by atoms with Crippen molar-refractivity contribution in [3.05, 3.63) is 35.4 Å². The second kappa shape index (κ2) is 7.81. The van der Waals surface area contributed by atoms with Crippen LogP contribution in [-0.4, -0.2) is 31.3 Å². The molecule has 1 aliphatic rings. The highest BCUT2D eigenvalue weighted by atomic mass is 19.2. The Morgan fingerprint density at radius 3 is 2.77 bits per heavy atom. The van der Waals surface area contributed by atoms with Crippen molar-refractivity contribution >= 4 is 11.8 Å². The molecular weight excluding hydrogens is 298 g/mol. The number of amides is 2. The average Bonchev–Trinajstić information content (AvgIpc) is 2.54.